The fourth-order valence-corrected chi connectivity index (χ4v) is 3.06. The normalized spacial score (nSPS) is 20.7. The van der Waals surface area contributed by atoms with Crippen LogP contribution in [0.1, 0.15) is 47.0 Å². The van der Waals surface area contributed by atoms with Gasteiger partial charge in [0.05, 0.1) is 6.61 Å². The van der Waals surface area contributed by atoms with Gasteiger partial charge in [0.25, 0.3) is 0 Å². The Hall–Kier alpha value is -0.120. The molecule has 0 aromatic rings. The molecule has 0 bridgehead atoms. The number of likely N-dealkylation sites (tertiary alicyclic amines) is 1. The molecule has 1 unspecified atom stereocenters. The van der Waals surface area contributed by atoms with E-state index in [1.807, 2.05) is 7.11 Å². The molecular weight excluding hydrogens is 236 g/mol. The van der Waals surface area contributed by atoms with Crippen molar-refractivity contribution in [2.75, 3.05) is 39.9 Å². The smallest absolute Gasteiger partial charge is 0.0630 e. The molecule has 1 saturated heterocycles. The Kier molecular flexibility index (Phi) is 7.33. The average molecular weight is 270 g/mol. The zero-order valence-electron chi connectivity index (χ0n) is 13.7. The summed E-state index contributed by atoms with van der Waals surface area (Å²) in [6.45, 7) is 14.8. The summed E-state index contributed by atoms with van der Waals surface area (Å²) in [6.07, 6.45) is 3.86. The fourth-order valence-electron chi connectivity index (χ4n) is 3.06. The monoisotopic (exact) mass is 270 g/mol. The Labute approximate surface area is 120 Å². The molecule has 1 rings (SSSR count). The summed E-state index contributed by atoms with van der Waals surface area (Å²) in [4.78, 5) is 2.62. The van der Waals surface area contributed by atoms with Crippen molar-refractivity contribution in [1.29, 1.82) is 0 Å². The van der Waals surface area contributed by atoms with Crippen molar-refractivity contribution in [3.05, 3.63) is 0 Å². The van der Waals surface area contributed by atoms with Crippen LogP contribution in [0, 0.1) is 11.3 Å². The van der Waals surface area contributed by atoms with Crippen molar-refractivity contribution in [2.24, 2.45) is 11.3 Å². The second-order valence-corrected chi connectivity index (χ2v) is 6.99. The summed E-state index contributed by atoms with van der Waals surface area (Å²) in [6, 6.07) is 0.539. The molecule has 1 atom stereocenters. The maximum absolute atomic E-state index is 5.40. The van der Waals surface area contributed by atoms with Gasteiger partial charge in [0.2, 0.25) is 0 Å². The number of methoxy groups -OCH3 is 1. The minimum atomic E-state index is 0.462. The van der Waals surface area contributed by atoms with E-state index in [4.69, 9.17) is 4.74 Å². The predicted octanol–water partition coefficient (Wildman–Crippen LogP) is 2.76. The third-order valence-electron chi connectivity index (χ3n) is 4.44. The van der Waals surface area contributed by atoms with E-state index in [0.717, 1.165) is 25.6 Å². The van der Waals surface area contributed by atoms with Crippen LogP contribution in [0.4, 0.5) is 0 Å². The van der Waals surface area contributed by atoms with E-state index in [1.165, 1.54) is 32.4 Å². The third-order valence-corrected chi connectivity index (χ3v) is 4.44. The molecule has 1 aliphatic heterocycles. The molecule has 0 aromatic heterocycles. The first-order valence-electron chi connectivity index (χ1n) is 7.92. The van der Waals surface area contributed by atoms with Crippen LogP contribution in [0.2, 0.25) is 0 Å². The van der Waals surface area contributed by atoms with Gasteiger partial charge in [0.15, 0.2) is 0 Å². The van der Waals surface area contributed by atoms with Crippen LogP contribution in [-0.4, -0.2) is 50.8 Å². The third kappa shape index (κ3) is 5.80. The number of ether oxygens (including phenoxy) is 1. The van der Waals surface area contributed by atoms with Gasteiger partial charge in [-0.1, -0.05) is 27.7 Å². The fraction of sp³-hybridized carbons (Fsp3) is 1.00. The molecule has 1 fully saturated rings. The summed E-state index contributed by atoms with van der Waals surface area (Å²) in [7, 11) is 1.81. The van der Waals surface area contributed by atoms with Crippen molar-refractivity contribution in [2.45, 2.75) is 53.0 Å². The van der Waals surface area contributed by atoms with Gasteiger partial charge in [0, 0.05) is 19.7 Å². The number of rotatable bonds is 7. The lowest BCUT2D eigenvalue weighted by Crippen LogP contribution is -2.49. The number of nitrogens with zero attached hydrogens (tertiary/aromatic N) is 1. The highest BCUT2D eigenvalue weighted by Crippen LogP contribution is 2.34. The molecule has 114 valence electrons. The summed E-state index contributed by atoms with van der Waals surface area (Å²) < 4.78 is 5.40. The lowest BCUT2D eigenvalue weighted by Gasteiger charge is -2.41. The molecule has 1 aliphatic rings. The zero-order valence-corrected chi connectivity index (χ0v) is 13.7. The summed E-state index contributed by atoms with van der Waals surface area (Å²) >= 11 is 0. The van der Waals surface area contributed by atoms with E-state index < -0.39 is 0 Å². The minimum absolute atomic E-state index is 0.462. The molecule has 0 aliphatic carbocycles. The highest BCUT2D eigenvalue weighted by molar-refractivity contribution is 4.84. The van der Waals surface area contributed by atoms with Crippen LogP contribution in [0.5, 0.6) is 0 Å². The van der Waals surface area contributed by atoms with Crippen molar-refractivity contribution in [1.82, 2.24) is 10.2 Å². The summed E-state index contributed by atoms with van der Waals surface area (Å²) in [5, 5.41) is 3.54. The quantitative estimate of drug-likeness (QED) is 0.720. The Morgan fingerprint density at radius 2 is 1.89 bits per heavy atom. The first-order valence-corrected chi connectivity index (χ1v) is 7.92. The molecule has 3 heteroatoms. The van der Waals surface area contributed by atoms with Crippen LogP contribution in [0.15, 0.2) is 0 Å². The zero-order chi connectivity index (χ0) is 14.3. The van der Waals surface area contributed by atoms with Gasteiger partial charge in [-0.05, 0) is 50.2 Å². The van der Waals surface area contributed by atoms with Crippen molar-refractivity contribution in [3.8, 4) is 0 Å². The number of hydrogen-bond acceptors (Lipinski definition) is 3. The van der Waals surface area contributed by atoms with Gasteiger partial charge in [0.1, 0.15) is 0 Å². The van der Waals surface area contributed by atoms with Gasteiger partial charge in [-0.2, -0.15) is 0 Å². The predicted molar refractivity (Wildman–Crippen MR) is 82.6 cm³/mol. The molecule has 19 heavy (non-hydrogen) atoms. The van der Waals surface area contributed by atoms with Crippen molar-refractivity contribution < 1.29 is 4.74 Å². The second kappa shape index (κ2) is 8.23. The Morgan fingerprint density at radius 1 is 1.26 bits per heavy atom. The molecule has 1 N–H and O–H groups in total. The van der Waals surface area contributed by atoms with Gasteiger partial charge in [-0.3, -0.25) is 4.90 Å². The van der Waals surface area contributed by atoms with Gasteiger partial charge >= 0.3 is 0 Å². The molecule has 0 aromatic carbocycles. The van der Waals surface area contributed by atoms with Crippen LogP contribution >= 0.6 is 0 Å². The summed E-state index contributed by atoms with van der Waals surface area (Å²) in [5.74, 6) is 0.871. The maximum Gasteiger partial charge on any atom is 0.0630 e. The number of hydrogen-bond donors (Lipinski definition) is 1. The molecular formula is C16H34N2O. The molecule has 0 saturated carbocycles. The van der Waals surface area contributed by atoms with Crippen molar-refractivity contribution in [3.63, 3.8) is 0 Å². The lowest BCUT2D eigenvalue weighted by atomic mass is 9.75. The first kappa shape index (κ1) is 16.9. The topological polar surface area (TPSA) is 24.5 Å². The van der Waals surface area contributed by atoms with E-state index >= 15 is 0 Å². The van der Waals surface area contributed by atoms with Crippen molar-refractivity contribution >= 4 is 0 Å². The second-order valence-electron chi connectivity index (χ2n) is 6.99. The molecule has 0 amide bonds. The van der Waals surface area contributed by atoms with E-state index in [2.05, 4.69) is 37.9 Å². The van der Waals surface area contributed by atoms with Gasteiger partial charge in [-0.15, -0.1) is 0 Å². The minimum Gasteiger partial charge on any atom is -0.383 e. The van der Waals surface area contributed by atoms with E-state index in [-0.39, 0.29) is 0 Å². The highest BCUT2D eigenvalue weighted by Gasteiger charge is 2.31. The Morgan fingerprint density at radius 3 is 2.37 bits per heavy atom. The molecule has 3 nitrogen and oxygen atoms in total. The van der Waals surface area contributed by atoms with Crippen LogP contribution in [-0.2, 0) is 4.74 Å². The standard InChI is InChI=1S/C16H34N2O/c1-6-9-17-12-15(13-19-5)18-10-7-14(8-11-18)16(2,3)4/h14-15,17H,6-13H2,1-5H3. The van der Waals surface area contributed by atoms with E-state index in [0.29, 0.717) is 11.5 Å². The van der Waals surface area contributed by atoms with Gasteiger partial charge < -0.3 is 10.1 Å². The lowest BCUT2D eigenvalue weighted by molar-refractivity contribution is 0.0436. The largest absolute Gasteiger partial charge is 0.383 e. The number of nitrogens with one attached hydrogen (secondary N) is 1. The Bertz CT molecular complexity index is 229. The molecule has 0 radical (unpaired) electrons. The summed E-state index contributed by atoms with van der Waals surface area (Å²) in [5.41, 5.74) is 0.462. The van der Waals surface area contributed by atoms with E-state index in [9.17, 15) is 0 Å². The maximum atomic E-state index is 5.40. The van der Waals surface area contributed by atoms with E-state index in [1.54, 1.807) is 0 Å². The van der Waals surface area contributed by atoms with Crippen LogP contribution < -0.4 is 5.32 Å². The van der Waals surface area contributed by atoms with Gasteiger partial charge in [-0.25, -0.2) is 0 Å². The average Bonchev–Trinajstić information content (AvgIpc) is 2.37. The van der Waals surface area contributed by atoms with Crippen LogP contribution in [0.25, 0.3) is 0 Å². The first-order chi connectivity index (χ1) is 8.99. The van der Waals surface area contributed by atoms with Crippen LogP contribution in [0.3, 0.4) is 0 Å². The Balaban J connectivity index is 2.40. The highest BCUT2D eigenvalue weighted by atomic mass is 16.5. The SMILES string of the molecule is CCCNCC(COC)N1CCC(C(C)(C)C)CC1. The molecule has 0 spiro atoms. The molecule has 1 heterocycles. The number of piperidine rings is 1.